The maximum Gasteiger partial charge on any atom is 0.244 e. The highest BCUT2D eigenvalue weighted by atomic mass is 32.2. The molecular weight excluding hydrogens is 244 g/mol. The van der Waals surface area contributed by atoms with Crippen molar-refractivity contribution in [2.24, 2.45) is 0 Å². The highest BCUT2D eigenvalue weighted by molar-refractivity contribution is 8.00. The lowest BCUT2D eigenvalue weighted by Gasteiger charge is -2.36. The second-order valence-corrected chi connectivity index (χ2v) is 6.95. The molecule has 4 heteroatoms. The Hall–Kier alpha value is -0.220. The van der Waals surface area contributed by atoms with Crippen LogP contribution in [0.3, 0.4) is 0 Å². The van der Waals surface area contributed by atoms with Gasteiger partial charge in [-0.2, -0.15) is 11.8 Å². The van der Waals surface area contributed by atoms with Gasteiger partial charge in [-0.15, -0.1) is 0 Å². The van der Waals surface area contributed by atoms with Crippen molar-refractivity contribution in [3.05, 3.63) is 0 Å². The standard InChI is InChI=1S/C14H26N2OS/c1-5-11-15-14(8-9-14)12(17)16(11)10-13(6-2,7-3)18-4/h11,15H,5-10H2,1-4H3. The first-order chi connectivity index (χ1) is 8.56. The first-order valence-corrected chi connectivity index (χ1v) is 8.43. The monoisotopic (exact) mass is 270 g/mol. The molecule has 1 aliphatic carbocycles. The van der Waals surface area contributed by atoms with Crippen LogP contribution in [0.2, 0.25) is 0 Å². The molecule has 1 aliphatic heterocycles. The highest BCUT2D eigenvalue weighted by Gasteiger charge is 2.59. The highest BCUT2D eigenvalue weighted by Crippen LogP contribution is 2.44. The van der Waals surface area contributed by atoms with Gasteiger partial charge in [-0.25, -0.2) is 0 Å². The van der Waals surface area contributed by atoms with Crippen molar-refractivity contribution < 1.29 is 4.79 Å². The van der Waals surface area contributed by atoms with E-state index in [9.17, 15) is 4.79 Å². The molecule has 2 rings (SSSR count). The van der Waals surface area contributed by atoms with Crippen LogP contribution in [-0.2, 0) is 4.79 Å². The van der Waals surface area contributed by atoms with Crippen molar-refractivity contribution in [1.29, 1.82) is 0 Å². The van der Waals surface area contributed by atoms with Crippen LogP contribution in [0.1, 0.15) is 52.9 Å². The fourth-order valence-corrected chi connectivity index (χ4v) is 3.85. The lowest BCUT2D eigenvalue weighted by Crippen LogP contribution is -2.46. The summed E-state index contributed by atoms with van der Waals surface area (Å²) in [5.41, 5.74) is -0.160. The molecule has 2 aliphatic rings. The number of amides is 1. The number of carbonyl (C=O) groups is 1. The van der Waals surface area contributed by atoms with Gasteiger partial charge in [-0.05, 0) is 38.4 Å². The van der Waals surface area contributed by atoms with Gasteiger partial charge in [0.05, 0.1) is 11.7 Å². The van der Waals surface area contributed by atoms with Crippen LogP contribution in [0, 0.1) is 0 Å². The SMILES string of the molecule is CCC1NC2(CC2)C(=O)N1CC(CC)(CC)SC. The second kappa shape index (κ2) is 5.04. The molecule has 0 bridgehead atoms. The minimum absolute atomic E-state index is 0.160. The topological polar surface area (TPSA) is 32.3 Å². The number of carbonyl (C=O) groups excluding carboxylic acids is 1. The van der Waals surface area contributed by atoms with Gasteiger partial charge in [-0.3, -0.25) is 10.1 Å². The molecule has 104 valence electrons. The van der Waals surface area contributed by atoms with Gasteiger partial charge in [0, 0.05) is 11.3 Å². The van der Waals surface area contributed by atoms with Gasteiger partial charge in [0.1, 0.15) is 0 Å². The van der Waals surface area contributed by atoms with E-state index in [1.165, 1.54) is 0 Å². The van der Waals surface area contributed by atoms with Crippen LogP contribution in [-0.4, -0.2) is 40.1 Å². The Balaban J connectivity index is 2.13. The van der Waals surface area contributed by atoms with Crippen molar-refractivity contribution >= 4 is 17.7 Å². The van der Waals surface area contributed by atoms with Gasteiger partial charge in [0.15, 0.2) is 0 Å². The third-order valence-electron chi connectivity index (χ3n) is 4.81. The van der Waals surface area contributed by atoms with Crippen LogP contribution < -0.4 is 5.32 Å². The van der Waals surface area contributed by atoms with E-state index in [1.807, 2.05) is 11.8 Å². The maximum atomic E-state index is 12.5. The molecule has 0 aromatic heterocycles. The molecule has 1 heterocycles. The summed E-state index contributed by atoms with van der Waals surface area (Å²) < 4.78 is 0.227. The third kappa shape index (κ3) is 2.18. The summed E-state index contributed by atoms with van der Waals surface area (Å²) in [5.74, 6) is 0.356. The van der Waals surface area contributed by atoms with E-state index in [2.05, 4.69) is 37.2 Å². The molecule has 1 amide bonds. The molecule has 18 heavy (non-hydrogen) atoms. The van der Waals surface area contributed by atoms with Gasteiger partial charge in [0.2, 0.25) is 5.91 Å². The van der Waals surface area contributed by atoms with E-state index in [-0.39, 0.29) is 16.5 Å². The number of hydrogen-bond acceptors (Lipinski definition) is 3. The summed E-state index contributed by atoms with van der Waals surface area (Å²) in [7, 11) is 0. The number of hydrogen-bond donors (Lipinski definition) is 1. The van der Waals surface area contributed by atoms with Gasteiger partial charge in [-0.1, -0.05) is 20.8 Å². The number of nitrogens with one attached hydrogen (secondary N) is 1. The molecule has 0 aromatic rings. The summed E-state index contributed by atoms with van der Waals surface area (Å²) in [6.45, 7) is 7.54. The molecule has 1 unspecified atom stereocenters. The Morgan fingerprint density at radius 1 is 1.39 bits per heavy atom. The molecule has 2 fully saturated rings. The molecule has 0 aromatic carbocycles. The van der Waals surface area contributed by atoms with Gasteiger partial charge >= 0.3 is 0 Å². The molecule has 1 saturated heterocycles. The minimum atomic E-state index is -0.160. The lowest BCUT2D eigenvalue weighted by molar-refractivity contribution is -0.131. The van der Waals surface area contributed by atoms with E-state index in [0.717, 1.165) is 38.6 Å². The average Bonchev–Trinajstić information content (AvgIpc) is 3.14. The molecule has 1 N–H and O–H groups in total. The van der Waals surface area contributed by atoms with Crippen LogP contribution in [0.4, 0.5) is 0 Å². The van der Waals surface area contributed by atoms with E-state index >= 15 is 0 Å². The van der Waals surface area contributed by atoms with E-state index in [0.29, 0.717) is 5.91 Å². The van der Waals surface area contributed by atoms with Gasteiger partial charge < -0.3 is 4.90 Å². The Morgan fingerprint density at radius 3 is 2.39 bits per heavy atom. The molecule has 1 spiro atoms. The van der Waals surface area contributed by atoms with Crippen LogP contribution in [0.5, 0.6) is 0 Å². The Kier molecular flexibility index (Phi) is 3.98. The normalized spacial score (nSPS) is 26.1. The van der Waals surface area contributed by atoms with Crippen LogP contribution in [0.15, 0.2) is 0 Å². The van der Waals surface area contributed by atoms with Crippen molar-refractivity contribution in [2.45, 2.75) is 69.3 Å². The van der Waals surface area contributed by atoms with E-state index in [4.69, 9.17) is 0 Å². The summed E-state index contributed by atoms with van der Waals surface area (Å²) >= 11 is 1.92. The zero-order valence-corrected chi connectivity index (χ0v) is 12.9. The fraction of sp³-hybridized carbons (Fsp3) is 0.929. The lowest BCUT2D eigenvalue weighted by atomic mass is 10.0. The average molecular weight is 270 g/mol. The first kappa shape index (κ1) is 14.2. The van der Waals surface area contributed by atoms with Crippen molar-refractivity contribution in [1.82, 2.24) is 10.2 Å². The number of thioether (sulfide) groups is 1. The van der Waals surface area contributed by atoms with Crippen LogP contribution in [0.25, 0.3) is 0 Å². The summed E-state index contributed by atoms with van der Waals surface area (Å²) in [6.07, 6.45) is 7.74. The molecule has 3 nitrogen and oxygen atoms in total. The van der Waals surface area contributed by atoms with E-state index in [1.54, 1.807) is 0 Å². The fourth-order valence-electron chi connectivity index (χ4n) is 3.00. The second-order valence-electron chi connectivity index (χ2n) is 5.68. The predicted octanol–water partition coefficient (Wildman–Crippen LogP) is 2.61. The Morgan fingerprint density at radius 2 is 2.00 bits per heavy atom. The Bertz CT molecular complexity index is 315. The molecular formula is C14H26N2OS. The summed E-state index contributed by atoms with van der Waals surface area (Å²) in [5, 5.41) is 3.55. The Labute approximate surface area is 115 Å². The summed E-state index contributed by atoms with van der Waals surface area (Å²) in [6, 6.07) is 0. The number of rotatable bonds is 6. The van der Waals surface area contributed by atoms with Crippen molar-refractivity contribution in [2.75, 3.05) is 12.8 Å². The largest absolute Gasteiger partial charge is 0.324 e. The smallest absolute Gasteiger partial charge is 0.244 e. The van der Waals surface area contributed by atoms with Crippen molar-refractivity contribution in [3.63, 3.8) is 0 Å². The third-order valence-corrected chi connectivity index (χ3v) is 6.38. The zero-order chi connectivity index (χ0) is 13.4. The predicted molar refractivity (Wildman–Crippen MR) is 77.7 cm³/mol. The van der Waals surface area contributed by atoms with Crippen LogP contribution >= 0.6 is 11.8 Å². The number of nitrogens with zero attached hydrogens (tertiary/aromatic N) is 1. The van der Waals surface area contributed by atoms with E-state index < -0.39 is 0 Å². The quantitative estimate of drug-likeness (QED) is 0.805. The first-order valence-electron chi connectivity index (χ1n) is 7.20. The molecule has 0 radical (unpaired) electrons. The molecule has 1 saturated carbocycles. The molecule has 1 atom stereocenters. The zero-order valence-electron chi connectivity index (χ0n) is 12.1. The maximum absolute atomic E-state index is 12.5. The van der Waals surface area contributed by atoms with Crippen molar-refractivity contribution in [3.8, 4) is 0 Å². The minimum Gasteiger partial charge on any atom is -0.324 e. The van der Waals surface area contributed by atoms with Gasteiger partial charge in [0.25, 0.3) is 0 Å². The summed E-state index contributed by atoms with van der Waals surface area (Å²) in [4.78, 5) is 14.7.